The molecule has 20 heavy (non-hydrogen) atoms. The Morgan fingerprint density at radius 1 is 1.40 bits per heavy atom. The molecule has 106 valence electrons. The second-order valence-electron chi connectivity index (χ2n) is 4.21. The Balaban J connectivity index is 2.27. The average molecular weight is 276 g/mol. The zero-order valence-corrected chi connectivity index (χ0v) is 11.4. The number of methoxy groups -OCH3 is 1. The minimum absolute atomic E-state index is 0.0778. The van der Waals surface area contributed by atoms with Crippen LogP contribution in [0.15, 0.2) is 30.6 Å². The van der Waals surface area contributed by atoms with E-state index in [-0.39, 0.29) is 11.3 Å². The minimum atomic E-state index is -1.05. The molecule has 0 spiro atoms. The van der Waals surface area contributed by atoms with E-state index in [1.165, 1.54) is 13.2 Å². The molecule has 6 heteroatoms. The lowest BCUT2D eigenvalue weighted by atomic mass is 10.2. The van der Waals surface area contributed by atoms with Crippen molar-refractivity contribution in [2.45, 2.75) is 19.9 Å². The number of nitrogens with zero attached hydrogens (tertiary/aromatic N) is 2. The van der Waals surface area contributed by atoms with Gasteiger partial charge in [-0.15, -0.1) is 0 Å². The third-order valence-corrected chi connectivity index (χ3v) is 2.71. The number of carboxylic acid groups (broad SMARTS) is 1. The predicted octanol–water partition coefficient (Wildman–Crippen LogP) is 2.79. The highest BCUT2D eigenvalue weighted by atomic mass is 16.5. The van der Waals surface area contributed by atoms with E-state index in [9.17, 15) is 4.79 Å². The summed E-state index contributed by atoms with van der Waals surface area (Å²) in [6.07, 6.45) is 4.25. The van der Waals surface area contributed by atoms with Crippen molar-refractivity contribution in [2.75, 3.05) is 7.11 Å². The highest BCUT2D eigenvalue weighted by molar-refractivity contribution is 5.91. The van der Waals surface area contributed by atoms with E-state index in [0.717, 1.165) is 13.0 Å². The molecule has 0 amide bonds. The molecule has 0 fully saturated rings. The molecule has 0 aliphatic carbocycles. The number of carboxylic acids is 1. The van der Waals surface area contributed by atoms with E-state index in [1.54, 1.807) is 29.2 Å². The summed E-state index contributed by atoms with van der Waals surface area (Å²) in [6.45, 7) is 2.83. The Morgan fingerprint density at radius 2 is 2.20 bits per heavy atom. The topological polar surface area (TPSA) is 73.6 Å². The van der Waals surface area contributed by atoms with Gasteiger partial charge in [0.15, 0.2) is 5.75 Å². The standard InChI is InChI=1S/C14H16N2O4/c1-3-6-16-9-11(8-15-16)20-13-7-10(19-2)4-5-12(13)14(17)18/h4-5,7-9H,3,6H2,1-2H3,(H,17,18). The number of hydrogen-bond donors (Lipinski definition) is 1. The summed E-state index contributed by atoms with van der Waals surface area (Å²) in [5.41, 5.74) is 0.0778. The van der Waals surface area contributed by atoms with Gasteiger partial charge >= 0.3 is 5.97 Å². The number of carbonyl (C=O) groups is 1. The van der Waals surface area contributed by atoms with Crippen LogP contribution in [0, 0.1) is 0 Å². The van der Waals surface area contributed by atoms with Crippen molar-refractivity contribution < 1.29 is 19.4 Å². The Bertz CT molecular complexity index is 607. The van der Waals surface area contributed by atoms with Crippen LogP contribution in [0.3, 0.4) is 0 Å². The van der Waals surface area contributed by atoms with Gasteiger partial charge in [-0.25, -0.2) is 4.79 Å². The largest absolute Gasteiger partial charge is 0.497 e. The van der Waals surface area contributed by atoms with Crippen molar-refractivity contribution in [2.24, 2.45) is 0 Å². The fourth-order valence-corrected chi connectivity index (χ4v) is 1.77. The first-order valence-corrected chi connectivity index (χ1v) is 6.25. The van der Waals surface area contributed by atoms with Crippen LogP contribution in [0.25, 0.3) is 0 Å². The van der Waals surface area contributed by atoms with Crippen LogP contribution in [0.1, 0.15) is 23.7 Å². The highest BCUT2D eigenvalue weighted by Crippen LogP contribution is 2.29. The normalized spacial score (nSPS) is 10.3. The molecule has 1 heterocycles. The van der Waals surface area contributed by atoms with Gasteiger partial charge in [0.2, 0.25) is 0 Å². The molecule has 1 aromatic heterocycles. The molecule has 0 radical (unpaired) electrons. The van der Waals surface area contributed by atoms with Crippen LogP contribution < -0.4 is 9.47 Å². The maximum atomic E-state index is 11.2. The molecule has 0 unspecified atom stereocenters. The van der Waals surface area contributed by atoms with Crippen LogP contribution in [-0.2, 0) is 6.54 Å². The van der Waals surface area contributed by atoms with Gasteiger partial charge < -0.3 is 14.6 Å². The second kappa shape index (κ2) is 6.10. The summed E-state index contributed by atoms with van der Waals surface area (Å²) in [6, 6.07) is 4.57. The number of aromatic nitrogens is 2. The minimum Gasteiger partial charge on any atom is -0.497 e. The molecule has 0 aliphatic heterocycles. The van der Waals surface area contributed by atoms with Crippen LogP contribution in [0.5, 0.6) is 17.2 Å². The molecule has 1 aromatic carbocycles. The fraction of sp³-hybridized carbons (Fsp3) is 0.286. The fourth-order valence-electron chi connectivity index (χ4n) is 1.77. The smallest absolute Gasteiger partial charge is 0.339 e. The first-order valence-electron chi connectivity index (χ1n) is 6.25. The van der Waals surface area contributed by atoms with Gasteiger partial charge in [0.25, 0.3) is 0 Å². The van der Waals surface area contributed by atoms with Gasteiger partial charge in [-0.3, -0.25) is 4.68 Å². The van der Waals surface area contributed by atoms with E-state index in [0.29, 0.717) is 11.5 Å². The lowest BCUT2D eigenvalue weighted by Crippen LogP contribution is -2.00. The molecule has 0 saturated heterocycles. The SMILES string of the molecule is CCCn1cc(Oc2cc(OC)ccc2C(=O)O)cn1. The van der Waals surface area contributed by atoms with Gasteiger partial charge in [-0.05, 0) is 18.6 Å². The Morgan fingerprint density at radius 3 is 2.85 bits per heavy atom. The summed E-state index contributed by atoms with van der Waals surface area (Å²) >= 11 is 0. The summed E-state index contributed by atoms with van der Waals surface area (Å²) in [5.74, 6) is 0.205. The van der Waals surface area contributed by atoms with Crippen LogP contribution in [0.2, 0.25) is 0 Å². The quantitative estimate of drug-likeness (QED) is 0.878. The number of benzene rings is 1. The number of ether oxygens (including phenoxy) is 2. The lowest BCUT2D eigenvalue weighted by molar-refractivity contribution is 0.0694. The van der Waals surface area contributed by atoms with E-state index >= 15 is 0 Å². The Hall–Kier alpha value is -2.50. The summed E-state index contributed by atoms with van der Waals surface area (Å²) in [7, 11) is 1.51. The van der Waals surface area contributed by atoms with Gasteiger partial charge in [0, 0.05) is 12.6 Å². The molecule has 1 N–H and O–H groups in total. The number of hydrogen-bond acceptors (Lipinski definition) is 4. The molecular weight excluding hydrogens is 260 g/mol. The zero-order chi connectivity index (χ0) is 14.5. The van der Waals surface area contributed by atoms with E-state index in [1.807, 2.05) is 6.92 Å². The molecule has 0 atom stereocenters. The maximum Gasteiger partial charge on any atom is 0.339 e. The van der Waals surface area contributed by atoms with E-state index in [2.05, 4.69) is 5.10 Å². The van der Waals surface area contributed by atoms with Gasteiger partial charge in [0.1, 0.15) is 17.1 Å². The predicted molar refractivity (Wildman–Crippen MR) is 72.5 cm³/mol. The van der Waals surface area contributed by atoms with Crippen molar-refractivity contribution >= 4 is 5.97 Å². The molecule has 6 nitrogen and oxygen atoms in total. The molecular formula is C14H16N2O4. The highest BCUT2D eigenvalue weighted by Gasteiger charge is 2.14. The van der Waals surface area contributed by atoms with Crippen molar-refractivity contribution in [3.05, 3.63) is 36.2 Å². The van der Waals surface area contributed by atoms with Crippen molar-refractivity contribution in [3.8, 4) is 17.2 Å². The van der Waals surface area contributed by atoms with Crippen LogP contribution in [0.4, 0.5) is 0 Å². The third-order valence-electron chi connectivity index (χ3n) is 2.71. The second-order valence-corrected chi connectivity index (χ2v) is 4.21. The molecule has 2 aromatic rings. The molecule has 2 rings (SSSR count). The summed E-state index contributed by atoms with van der Waals surface area (Å²) < 4.78 is 12.4. The summed E-state index contributed by atoms with van der Waals surface area (Å²) in [4.78, 5) is 11.2. The monoisotopic (exact) mass is 276 g/mol. The van der Waals surface area contributed by atoms with Crippen molar-refractivity contribution in [3.63, 3.8) is 0 Å². The third kappa shape index (κ3) is 3.09. The molecule has 0 saturated carbocycles. The summed E-state index contributed by atoms with van der Waals surface area (Å²) in [5, 5.41) is 13.3. The van der Waals surface area contributed by atoms with Crippen molar-refractivity contribution in [1.82, 2.24) is 9.78 Å². The van der Waals surface area contributed by atoms with Gasteiger partial charge in [0.05, 0.1) is 19.5 Å². The van der Waals surface area contributed by atoms with Crippen LogP contribution >= 0.6 is 0 Å². The number of rotatable bonds is 6. The number of aromatic carboxylic acids is 1. The number of aryl methyl sites for hydroxylation is 1. The maximum absolute atomic E-state index is 11.2. The first kappa shape index (κ1) is 13.9. The van der Waals surface area contributed by atoms with Crippen molar-refractivity contribution in [1.29, 1.82) is 0 Å². The molecule has 0 aliphatic rings. The lowest BCUT2D eigenvalue weighted by Gasteiger charge is -2.08. The Labute approximate surface area is 116 Å². The van der Waals surface area contributed by atoms with Crippen LogP contribution in [-0.4, -0.2) is 28.0 Å². The van der Waals surface area contributed by atoms with E-state index in [4.69, 9.17) is 14.6 Å². The average Bonchev–Trinajstić information content (AvgIpc) is 2.86. The van der Waals surface area contributed by atoms with Gasteiger partial charge in [-0.1, -0.05) is 6.92 Å². The molecule has 0 bridgehead atoms. The van der Waals surface area contributed by atoms with Gasteiger partial charge in [-0.2, -0.15) is 5.10 Å². The zero-order valence-electron chi connectivity index (χ0n) is 11.4. The first-order chi connectivity index (χ1) is 9.63. The Kier molecular flexibility index (Phi) is 4.24. The van der Waals surface area contributed by atoms with E-state index < -0.39 is 5.97 Å².